The van der Waals surface area contributed by atoms with E-state index in [9.17, 15) is 4.79 Å². The lowest BCUT2D eigenvalue weighted by Gasteiger charge is -2.26. The van der Waals surface area contributed by atoms with Crippen molar-refractivity contribution in [2.45, 2.75) is 26.1 Å². The monoisotopic (exact) mass is 423 g/mol. The summed E-state index contributed by atoms with van der Waals surface area (Å²) >= 11 is 5.94. The Hall–Kier alpha value is -3.16. The van der Waals surface area contributed by atoms with Gasteiger partial charge in [0.1, 0.15) is 19.3 Å². The first kappa shape index (κ1) is 20.1. The van der Waals surface area contributed by atoms with Crippen LogP contribution in [0.5, 0.6) is 0 Å². The molecule has 8 heteroatoms. The molecule has 1 aromatic carbocycles. The van der Waals surface area contributed by atoms with E-state index in [1.54, 1.807) is 29.1 Å². The maximum absolute atomic E-state index is 11.9. The lowest BCUT2D eigenvalue weighted by Crippen LogP contribution is -2.37. The zero-order valence-corrected chi connectivity index (χ0v) is 17.3. The van der Waals surface area contributed by atoms with Crippen LogP contribution in [0.3, 0.4) is 0 Å². The van der Waals surface area contributed by atoms with Gasteiger partial charge in [-0.2, -0.15) is 9.69 Å². The molecule has 3 heterocycles. The predicted molar refractivity (Wildman–Crippen MR) is 118 cm³/mol. The van der Waals surface area contributed by atoms with Gasteiger partial charge in [0.2, 0.25) is 0 Å². The summed E-state index contributed by atoms with van der Waals surface area (Å²) in [4.78, 5) is 11.9. The molecule has 1 aliphatic rings. The summed E-state index contributed by atoms with van der Waals surface area (Å²) in [5.41, 5.74) is 8.19. The lowest BCUT2D eigenvalue weighted by atomic mass is 10.1. The maximum Gasteiger partial charge on any atom is 0.250 e. The molecule has 1 atom stereocenters. The lowest BCUT2D eigenvalue weighted by molar-refractivity contribution is -0.897. The van der Waals surface area contributed by atoms with Gasteiger partial charge in [0.15, 0.2) is 5.84 Å². The highest BCUT2D eigenvalue weighted by atomic mass is 35.5. The van der Waals surface area contributed by atoms with Gasteiger partial charge in [-0.15, -0.1) is 0 Å². The van der Waals surface area contributed by atoms with Crippen molar-refractivity contribution >= 4 is 17.4 Å². The molecule has 3 aromatic rings. The number of hydrogen-bond acceptors (Lipinski definition) is 4. The molecule has 0 amide bonds. The molecule has 154 valence electrons. The van der Waals surface area contributed by atoms with Crippen LogP contribution in [-0.4, -0.2) is 31.3 Å². The molecule has 0 aliphatic carbocycles. The second-order valence-corrected chi connectivity index (χ2v) is 7.90. The summed E-state index contributed by atoms with van der Waals surface area (Å²) in [6.07, 6.45) is 10.1. The minimum absolute atomic E-state index is 0.00318. The molecular weight excluding hydrogens is 400 g/mol. The quantitative estimate of drug-likeness (QED) is 0.566. The topological polar surface area (TPSA) is 78.2 Å². The highest BCUT2D eigenvalue weighted by Crippen LogP contribution is 2.22. The molecular formula is C22H24ClN6O+. The number of pyridine rings is 1. The molecule has 0 saturated heterocycles. The Morgan fingerprint density at radius 3 is 2.57 bits per heavy atom. The van der Waals surface area contributed by atoms with Crippen molar-refractivity contribution in [3.8, 4) is 0 Å². The molecule has 0 fully saturated rings. The molecule has 0 saturated carbocycles. The third kappa shape index (κ3) is 4.87. The van der Waals surface area contributed by atoms with E-state index in [-0.39, 0.29) is 5.56 Å². The number of halogens is 1. The summed E-state index contributed by atoms with van der Waals surface area (Å²) in [5, 5.41) is 9.54. The highest BCUT2D eigenvalue weighted by molar-refractivity contribution is 6.30. The van der Waals surface area contributed by atoms with E-state index in [0.717, 1.165) is 30.6 Å². The molecule has 0 radical (unpaired) electrons. The van der Waals surface area contributed by atoms with Gasteiger partial charge in [0, 0.05) is 43.1 Å². The summed E-state index contributed by atoms with van der Waals surface area (Å²) in [6.45, 7) is 2.83. The molecule has 30 heavy (non-hydrogen) atoms. The number of aryl methyl sites for hydroxylation is 1. The van der Waals surface area contributed by atoms with Crippen LogP contribution in [0.1, 0.15) is 17.5 Å². The molecule has 0 spiro atoms. The predicted octanol–water partition coefficient (Wildman–Crippen LogP) is 2.95. The highest BCUT2D eigenvalue weighted by Gasteiger charge is 2.29. The van der Waals surface area contributed by atoms with Crippen LogP contribution in [0.25, 0.3) is 0 Å². The standard InChI is InChI=1S/C22H24ClN6O/c23-20-14-25-28(16-20)11-3-12-29(13-9-21(24)26-29)17-19-7-5-18(6-8-19)15-27-10-2-1-4-22(27)30/h1-2,4-10,13-14,16H,3,11-12,15,17H2,(H2,24,26)/q+1. The zero-order chi connectivity index (χ0) is 21.0. The van der Waals surface area contributed by atoms with E-state index < -0.39 is 0 Å². The van der Waals surface area contributed by atoms with Crippen LogP contribution in [0.4, 0.5) is 0 Å². The molecule has 2 aromatic heterocycles. The number of amidine groups is 1. The second-order valence-electron chi connectivity index (χ2n) is 7.47. The van der Waals surface area contributed by atoms with Crippen molar-refractivity contribution in [1.29, 1.82) is 0 Å². The van der Waals surface area contributed by atoms with E-state index >= 15 is 0 Å². The van der Waals surface area contributed by atoms with Crippen molar-refractivity contribution in [3.63, 3.8) is 0 Å². The fourth-order valence-electron chi connectivity index (χ4n) is 3.62. The van der Waals surface area contributed by atoms with Gasteiger partial charge in [-0.3, -0.25) is 9.48 Å². The molecule has 1 unspecified atom stereocenters. The number of aromatic nitrogens is 3. The van der Waals surface area contributed by atoms with Gasteiger partial charge >= 0.3 is 0 Å². The Labute approximate surface area is 179 Å². The Bertz CT molecular complexity index is 1130. The first-order valence-corrected chi connectivity index (χ1v) is 10.2. The normalized spacial score (nSPS) is 18.0. The summed E-state index contributed by atoms with van der Waals surface area (Å²) < 4.78 is 3.96. The minimum atomic E-state index is -0.00318. The van der Waals surface area contributed by atoms with Gasteiger partial charge < -0.3 is 10.3 Å². The second kappa shape index (κ2) is 8.69. The molecule has 7 nitrogen and oxygen atoms in total. The summed E-state index contributed by atoms with van der Waals surface area (Å²) in [7, 11) is 0. The van der Waals surface area contributed by atoms with Crippen LogP contribution in [-0.2, 0) is 19.6 Å². The van der Waals surface area contributed by atoms with Crippen LogP contribution in [0, 0.1) is 0 Å². The smallest absolute Gasteiger partial charge is 0.250 e. The van der Waals surface area contributed by atoms with E-state index in [1.165, 1.54) is 0 Å². The zero-order valence-electron chi connectivity index (χ0n) is 16.6. The maximum atomic E-state index is 11.9. The first-order valence-electron chi connectivity index (χ1n) is 9.84. The first-order chi connectivity index (χ1) is 14.5. The Morgan fingerprint density at radius 1 is 1.10 bits per heavy atom. The average molecular weight is 424 g/mol. The van der Waals surface area contributed by atoms with Gasteiger partial charge in [-0.05, 0) is 11.6 Å². The SMILES string of the molecule is NC1=N[N+](CCCn2cc(Cl)cn2)(Cc2ccc(Cn3ccccc3=O)cc2)C=C1. The van der Waals surface area contributed by atoms with Gasteiger partial charge in [-0.25, -0.2) is 0 Å². The summed E-state index contributed by atoms with van der Waals surface area (Å²) in [5.74, 6) is 0.539. The number of nitrogens with zero attached hydrogens (tertiary/aromatic N) is 5. The Morgan fingerprint density at radius 2 is 1.90 bits per heavy atom. The Balaban J connectivity index is 1.42. The number of benzene rings is 1. The van der Waals surface area contributed by atoms with Crippen molar-refractivity contribution in [3.05, 3.63) is 99.8 Å². The van der Waals surface area contributed by atoms with E-state index in [4.69, 9.17) is 17.3 Å². The average Bonchev–Trinajstić information content (AvgIpc) is 3.31. The van der Waals surface area contributed by atoms with E-state index in [0.29, 0.717) is 28.5 Å². The van der Waals surface area contributed by atoms with Gasteiger partial charge in [0.05, 0.1) is 17.8 Å². The van der Waals surface area contributed by atoms with Crippen LogP contribution in [0.15, 0.2) is 83.2 Å². The third-order valence-corrected chi connectivity index (χ3v) is 5.30. The largest absolute Gasteiger partial charge is 0.379 e. The van der Waals surface area contributed by atoms with E-state index in [1.807, 2.05) is 29.2 Å². The number of quaternary nitrogens is 1. The molecule has 2 N–H and O–H groups in total. The van der Waals surface area contributed by atoms with Gasteiger partial charge in [0.25, 0.3) is 5.56 Å². The fourth-order valence-corrected chi connectivity index (χ4v) is 3.78. The van der Waals surface area contributed by atoms with Crippen molar-refractivity contribution < 1.29 is 4.59 Å². The van der Waals surface area contributed by atoms with Crippen LogP contribution >= 0.6 is 11.6 Å². The van der Waals surface area contributed by atoms with Crippen molar-refractivity contribution in [2.24, 2.45) is 10.8 Å². The summed E-state index contributed by atoms with van der Waals surface area (Å²) in [6, 6.07) is 13.5. The van der Waals surface area contributed by atoms with Crippen molar-refractivity contribution in [1.82, 2.24) is 14.3 Å². The van der Waals surface area contributed by atoms with Crippen LogP contribution < -0.4 is 11.3 Å². The minimum Gasteiger partial charge on any atom is -0.379 e. The molecule has 0 bridgehead atoms. The van der Waals surface area contributed by atoms with Gasteiger partial charge in [-0.1, -0.05) is 47.0 Å². The molecule has 4 rings (SSSR count). The van der Waals surface area contributed by atoms with Crippen LogP contribution in [0.2, 0.25) is 5.02 Å². The fraction of sp³-hybridized carbons (Fsp3) is 0.227. The number of rotatable bonds is 8. The Kier molecular flexibility index (Phi) is 5.83. The third-order valence-electron chi connectivity index (χ3n) is 5.10. The number of hydrogen-bond donors (Lipinski definition) is 1. The number of nitrogens with two attached hydrogens (primary N) is 1. The van der Waals surface area contributed by atoms with Crippen molar-refractivity contribution in [2.75, 3.05) is 6.54 Å². The van der Waals surface area contributed by atoms with E-state index in [2.05, 4.69) is 34.5 Å². The molecule has 1 aliphatic heterocycles.